The molecule has 44 valence electrons. The lowest BCUT2D eigenvalue weighted by Crippen LogP contribution is -2.29. The second kappa shape index (κ2) is 1.86. The highest BCUT2D eigenvalue weighted by molar-refractivity contribution is 6.59. The normalized spacial score (nSPS) is 13.9. The number of hydrogen-bond donors (Lipinski definition) is 0. The molecule has 0 rings (SSSR count). The Morgan fingerprint density at radius 3 is 1.00 bits per heavy atom. The zero-order chi connectivity index (χ0) is 7.00. The van der Waals surface area contributed by atoms with Crippen LogP contribution in [0.1, 0.15) is 20.8 Å². The van der Waals surface area contributed by atoms with E-state index in [2.05, 4.69) is 44.3 Å². The summed E-state index contributed by atoms with van der Waals surface area (Å²) in [6, 6.07) is 0. The molecule has 0 unspecified atom stereocenters. The quantitative estimate of drug-likeness (QED) is 0.349. The van der Waals surface area contributed by atoms with Gasteiger partial charge in [0, 0.05) is 0 Å². The van der Waals surface area contributed by atoms with Crippen molar-refractivity contribution >= 4 is 23.5 Å². The fourth-order valence-electron chi connectivity index (χ4n) is 0. The van der Waals surface area contributed by atoms with Gasteiger partial charge in [0.25, 0.3) is 0 Å². The first kappa shape index (κ1) is 8.19. The minimum atomic E-state index is 0.437. The minimum Gasteiger partial charge on any atom is -0.106 e. The van der Waals surface area contributed by atoms with Crippen LogP contribution in [0.4, 0.5) is 0 Å². The van der Waals surface area contributed by atoms with Gasteiger partial charge >= 0.3 is 0 Å². The molecule has 0 saturated carbocycles. The van der Waals surface area contributed by atoms with Crippen LogP contribution in [0.25, 0.3) is 0 Å². The molecule has 0 nitrogen and oxygen atoms in total. The lowest BCUT2D eigenvalue weighted by molar-refractivity contribution is 0.416. The van der Waals surface area contributed by atoms with Crippen LogP contribution in [-0.4, -0.2) is 23.5 Å². The van der Waals surface area contributed by atoms with E-state index >= 15 is 0 Å². The molecule has 0 spiro atoms. The molecule has 8 heavy (non-hydrogen) atoms. The first-order chi connectivity index (χ1) is 3.25. The Balaban J connectivity index is 4.02. The molecule has 0 amide bonds. The molecule has 0 saturated heterocycles. The fraction of sp³-hybridized carbons (Fsp3) is 1.00. The lowest BCUT2D eigenvalue weighted by Gasteiger charge is -2.35. The molecule has 0 radical (unpaired) electrons. The van der Waals surface area contributed by atoms with E-state index in [0.29, 0.717) is 10.5 Å². The Morgan fingerprint density at radius 1 is 0.875 bits per heavy atom. The number of hydrogen-bond acceptors (Lipinski definition) is 0. The maximum absolute atomic E-state index is 2.27. The Hall–Kier alpha value is 0.195. The molecular weight excluding hydrogens is 92.5 g/mol. The zero-order valence-corrected chi connectivity index (χ0v) is 7.00. The van der Waals surface area contributed by atoms with Crippen molar-refractivity contribution < 1.29 is 0 Å². The summed E-state index contributed by atoms with van der Waals surface area (Å²) in [7, 11) is 6.81. The molecular formula is C5H15B3. The van der Waals surface area contributed by atoms with Gasteiger partial charge in [0.1, 0.15) is 0 Å². The van der Waals surface area contributed by atoms with E-state index in [4.69, 9.17) is 0 Å². The highest BCUT2D eigenvalue weighted by atomic mass is 14.2. The first-order valence-electron chi connectivity index (χ1n) is 3.25. The SMILES string of the molecule is BC(B)(B)C(C)(C)C. The average Bonchev–Trinajstić information content (AvgIpc) is 1.25. The highest BCUT2D eigenvalue weighted by Gasteiger charge is 2.26. The molecule has 0 fully saturated rings. The summed E-state index contributed by atoms with van der Waals surface area (Å²) in [5, 5.41) is 0.437. The Labute approximate surface area is 55.7 Å². The second-order valence-corrected chi connectivity index (χ2v) is 4.50. The topological polar surface area (TPSA) is 0 Å². The third kappa shape index (κ3) is 1.98. The van der Waals surface area contributed by atoms with Crippen LogP contribution in [0, 0.1) is 5.41 Å². The molecule has 0 aliphatic carbocycles. The molecule has 0 aliphatic rings. The molecule has 0 N–H and O–H groups in total. The van der Waals surface area contributed by atoms with Crippen molar-refractivity contribution in [3.05, 3.63) is 0 Å². The number of rotatable bonds is 0. The van der Waals surface area contributed by atoms with Gasteiger partial charge in [0.05, 0.1) is 23.5 Å². The van der Waals surface area contributed by atoms with E-state index in [0.717, 1.165) is 0 Å². The molecule has 0 aromatic heterocycles. The maximum Gasteiger partial charge on any atom is 0.0913 e. The van der Waals surface area contributed by atoms with Gasteiger partial charge in [-0.05, 0) is 0 Å². The van der Waals surface area contributed by atoms with E-state index in [1.807, 2.05) is 0 Å². The van der Waals surface area contributed by atoms with Gasteiger partial charge in [0.15, 0.2) is 0 Å². The molecule has 0 heterocycles. The largest absolute Gasteiger partial charge is 0.106 e. The Bertz CT molecular complexity index is 62.7. The van der Waals surface area contributed by atoms with Gasteiger partial charge < -0.3 is 0 Å². The van der Waals surface area contributed by atoms with E-state index in [1.165, 1.54) is 0 Å². The minimum absolute atomic E-state index is 0.437. The van der Waals surface area contributed by atoms with Crippen LogP contribution in [-0.2, 0) is 0 Å². The van der Waals surface area contributed by atoms with Crippen molar-refractivity contribution in [3.8, 4) is 0 Å². The van der Waals surface area contributed by atoms with Crippen molar-refractivity contribution in [1.82, 2.24) is 0 Å². The predicted octanol–water partition coefficient (Wildman–Crippen LogP) is -0.995. The van der Waals surface area contributed by atoms with Gasteiger partial charge in [-0.1, -0.05) is 26.2 Å². The third-order valence-corrected chi connectivity index (χ3v) is 2.25. The molecule has 3 heteroatoms. The second-order valence-electron chi connectivity index (χ2n) is 4.50. The van der Waals surface area contributed by atoms with Gasteiger partial charge in [-0.3, -0.25) is 0 Å². The van der Waals surface area contributed by atoms with Gasteiger partial charge in [-0.25, -0.2) is 0 Å². The summed E-state index contributed by atoms with van der Waals surface area (Å²) in [4.78, 5) is 0. The first-order valence-corrected chi connectivity index (χ1v) is 3.25. The predicted molar refractivity (Wildman–Crippen MR) is 47.8 cm³/mol. The van der Waals surface area contributed by atoms with Crippen molar-refractivity contribution in [2.75, 3.05) is 0 Å². The molecule has 0 aromatic carbocycles. The van der Waals surface area contributed by atoms with Gasteiger partial charge in [0.2, 0.25) is 0 Å². The molecule has 0 atom stereocenters. The molecule has 0 aromatic rings. The van der Waals surface area contributed by atoms with Crippen molar-refractivity contribution in [2.24, 2.45) is 5.41 Å². The highest BCUT2D eigenvalue weighted by Crippen LogP contribution is 2.34. The Morgan fingerprint density at radius 2 is 1.00 bits per heavy atom. The summed E-state index contributed by atoms with van der Waals surface area (Å²) in [5.41, 5.74) is 0.438. The van der Waals surface area contributed by atoms with Crippen molar-refractivity contribution in [2.45, 2.75) is 25.9 Å². The van der Waals surface area contributed by atoms with Crippen LogP contribution >= 0.6 is 0 Å². The van der Waals surface area contributed by atoms with E-state index in [1.54, 1.807) is 0 Å². The fourth-order valence-corrected chi connectivity index (χ4v) is 0. The zero-order valence-electron chi connectivity index (χ0n) is 7.00. The maximum atomic E-state index is 2.27. The smallest absolute Gasteiger partial charge is 0.0913 e. The van der Waals surface area contributed by atoms with Crippen molar-refractivity contribution in [3.63, 3.8) is 0 Å². The summed E-state index contributed by atoms with van der Waals surface area (Å²) in [6.45, 7) is 6.81. The summed E-state index contributed by atoms with van der Waals surface area (Å²) >= 11 is 0. The van der Waals surface area contributed by atoms with E-state index < -0.39 is 0 Å². The van der Waals surface area contributed by atoms with Crippen LogP contribution < -0.4 is 0 Å². The van der Waals surface area contributed by atoms with E-state index in [9.17, 15) is 0 Å². The van der Waals surface area contributed by atoms with Crippen LogP contribution in [0.5, 0.6) is 0 Å². The Kier molecular flexibility index (Phi) is 1.90. The van der Waals surface area contributed by atoms with Crippen LogP contribution in [0.2, 0.25) is 5.11 Å². The van der Waals surface area contributed by atoms with Gasteiger partial charge in [-0.2, -0.15) is 0 Å². The van der Waals surface area contributed by atoms with Gasteiger partial charge in [-0.15, -0.1) is 5.11 Å². The van der Waals surface area contributed by atoms with Crippen LogP contribution in [0.3, 0.4) is 0 Å². The van der Waals surface area contributed by atoms with E-state index in [-0.39, 0.29) is 0 Å². The molecule has 0 aliphatic heterocycles. The summed E-state index contributed by atoms with van der Waals surface area (Å²) in [5.74, 6) is 0. The standard InChI is InChI=1S/C5H15B3/c1-4(2,3)5(6,7)8/h6-8H2,1-3H3. The third-order valence-electron chi connectivity index (χ3n) is 2.25. The summed E-state index contributed by atoms with van der Waals surface area (Å²) in [6.07, 6.45) is 0. The van der Waals surface area contributed by atoms with Crippen LogP contribution in [0.15, 0.2) is 0 Å². The summed E-state index contributed by atoms with van der Waals surface area (Å²) < 4.78 is 0. The average molecular weight is 108 g/mol. The lowest BCUT2D eigenvalue weighted by atomic mass is 9.34. The molecule has 0 bridgehead atoms. The monoisotopic (exact) mass is 108 g/mol. The van der Waals surface area contributed by atoms with Crippen molar-refractivity contribution in [1.29, 1.82) is 0 Å².